The van der Waals surface area contributed by atoms with E-state index in [4.69, 9.17) is 0 Å². The molecule has 0 amide bonds. The number of hydrogen-bond donors (Lipinski definition) is 0. The summed E-state index contributed by atoms with van der Waals surface area (Å²) in [5, 5.41) is 0. The minimum atomic E-state index is -3.66. The second kappa shape index (κ2) is 8.68. The van der Waals surface area contributed by atoms with Crippen LogP contribution < -0.4 is 0 Å². The summed E-state index contributed by atoms with van der Waals surface area (Å²) in [6, 6.07) is 16.7. The van der Waals surface area contributed by atoms with Crippen LogP contribution in [0.4, 0.5) is 8.78 Å². The average Bonchev–Trinajstić information content (AvgIpc) is 2.67. The SMILES string of the molecule is CN(C)Cc1cc(C=Cc2ccc(F)cc2F)ccc1S(=O)(=O)c1ccccc1. The van der Waals surface area contributed by atoms with Crippen molar-refractivity contribution in [2.75, 3.05) is 14.1 Å². The van der Waals surface area contributed by atoms with E-state index in [1.807, 2.05) is 19.0 Å². The normalized spacial score (nSPS) is 12.0. The van der Waals surface area contributed by atoms with Gasteiger partial charge in [0.15, 0.2) is 0 Å². The van der Waals surface area contributed by atoms with Crippen molar-refractivity contribution in [3.05, 3.63) is 95.1 Å². The maximum atomic E-state index is 13.8. The Bertz CT molecular complexity index is 1140. The fourth-order valence-corrected chi connectivity index (χ4v) is 4.46. The van der Waals surface area contributed by atoms with Crippen molar-refractivity contribution in [2.24, 2.45) is 0 Å². The molecule has 6 heteroatoms. The van der Waals surface area contributed by atoms with Gasteiger partial charge in [-0.2, -0.15) is 0 Å². The molecule has 29 heavy (non-hydrogen) atoms. The molecule has 0 saturated heterocycles. The third kappa shape index (κ3) is 4.96. The molecule has 0 saturated carbocycles. The first-order chi connectivity index (χ1) is 13.8. The summed E-state index contributed by atoms with van der Waals surface area (Å²) < 4.78 is 53.1. The molecule has 0 fully saturated rings. The first-order valence-corrected chi connectivity index (χ1v) is 10.5. The minimum absolute atomic E-state index is 0.233. The Kier molecular flexibility index (Phi) is 6.25. The lowest BCUT2D eigenvalue weighted by molar-refractivity contribution is 0.398. The van der Waals surface area contributed by atoms with Crippen LogP contribution in [0.25, 0.3) is 12.2 Å². The molecule has 0 N–H and O–H groups in total. The number of halogens is 2. The second-order valence-electron chi connectivity index (χ2n) is 6.92. The molecule has 0 spiro atoms. The molecule has 3 aromatic rings. The highest BCUT2D eigenvalue weighted by Crippen LogP contribution is 2.26. The van der Waals surface area contributed by atoms with Crippen LogP contribution in [0.2, 0.25) is 0 Å². The van der Waals surface area contributed by atoms with Crippen LogP contribution in [0.3, 0.4) is 0 Å². The van der Waals surface area contributed by atoms with E-state index in [0.717, 1.165) is 11.6 Å². The van der Waals surface area contributed by atoms with Crippen LogP contribution in [0.1, 0.15) is 16.7 Å². The molecule has 0 aliphatic heterocycles. The summed E-state index contributed by atoms with van der Waals surface area (Å²) in [7, 11) is 0.0499. The third-order valence-corrected chi connectivity index (χ3v) is 6.20. The molecule has 0 bridgehead atoms. The number of nitrogens with zero attached hydrogens (tertiary/aromatic N) is 1. The largest absolute Gasteiger partial charge is 0.305 e. The summed E-state index contributed by atoms with van der Waals surface area (Å²) in [4.78, 5) is 2.35. The van der Waals surface area contributed by atoms with Crippen molar-refractivity contribution in [3.8, 4) is 0 Å². The zero-order valence-electron chi connectivity index (χ0n) is 16.1. The van der Waals surface area contributed by atoms with E-state index in [1.165, 1.54) is 18.2 Å². The van der Waals surface area contributed by atoms with Crippen LogP contribution in [-0.4, -0.2) is 27.4 Å². The first-order valence-electron chi connectivity index (χ1n) is 8.98. The molecule has 3 nitrogen and oxygen atoms in total. The molecular weight excluding hydrogens is 392 g/mol. The van der Waals surface area contributed by atoms with Crippen LogP contribution in [-0.2, 0) is 16.4 Å². The minimum Gasteiger partial charge on any atom is -0.305 e. The second-order valence-corrected chi connectivity index (χ2v) is 8.84. The van der Waals surface area contributed by atoms with Gasteiger partial charge in [-0.25, -0.2) is 17.2 Å². The van der Waals surface area contributed by atoms with Gasteiger partial charge in [0.25, 0.3) is 0 Å². The summed E-state index contributed by atoms with van der Waals surface area (Å²) in [6.45, 7) is 0.425. The predicted octanol–water partition coefficient (Wildman–Crippen LogP) is 5.03. The summed E-state index contributed by atoms with van der Waals surface area (Å²) in [5.74, 6) is -1.29. The van der Waals surface area contributed by atoms with Crippen molar-refractivity contribution in [1.82, 2.24) is 4.90 Å². The fraction of sp³-hybridized carbons (Fsp3) is 0.130. The third-order valence-electron chi connectivity index (χ3n) is 4.33. The Hall–Kier alpha value is -2.83. The quantitative estimate of drug-likeness (QED) is 0.532. The molecular formula is C23H21F2NO2S. The highest BCUT2D eigenvalue weighted by atomic mass is 32.2. The lowest BCUT2D eigenvalue weighted by Crippen LogP contribution is -2.14. The van der Waals surface area contributed by atoms with E-state index < -0.39 is 21.5 Å². The fourth-order valence-electron chi connectivity index (χ4n) is 2.98. The number of sulfone groups is 1. The molecule has 0 aliphatic rings. The zero-order valence-corrected chi connectivity index (χ0v) is 17.0. The maximum Gasteiger partial charge on any atom is 0.206 e. The van der Waals surface area contributed by atoms with E-state index in [-0.39, 0.29) is 15.4 Å². The first kappa shape index (κ1) is 20.9. The molecule has 0 radical (unpaired) electrons. The average molecular weight is 413 g/mol. The smallest absolute Gasteiger partial charge is 0.206 e. The molecule has 0 aromatic heterocycles. The molecule has 3 aromatic carbocycles. The Morgan fingerprint density at radius 3 is 2.28 bits per heavy atom. The number of hydrogen-bond acceptors (Lipinski definition) is 3. The number of benzene rings is 3. The van der Waals surface area contributed by atoms with Gasteiger partial charge in [0.1, 0.15) is 11.6 Å². The van der Waals surface area contributed by atoms with E-state index in [9.17, 15) is 17.2 Å². The van der Waals surface area contributed by atoms with Gasteiger partial charge in [-0.05, 0) is 61.6 Å². The maximum absolute atomic E-state index is 13.8. The van der Waals surface area contributed by atoms with E-state index in [2.05, 4.69) is 0 Å². The molecule has 0 aliphatic carbocycles. The van der Waals surface area contributed by atoms with Gasteiger partial charge in [0.2, 0.25) is 9.84 Å². The summed E-state index contributed by atoms with van der Waals surface area (Å²) in [5.41, 5.74) is 1.61. The lowest BCUT2D eigenvalue weighted by Gasteiger charge is -2.15. The van der Waals surface area contributed by atoms with E-state index >= 15 is 0 Å². The van der Waals surface area contributed by atoms with Gasteiger partial charge in [-0.1, -0.05) is 36.4 Å². The highest BCUT2D eigenvalue weighted by Gasteiger charge is 2.21. The Balaban J connectivity index is 2.01. The van der Waals surface area contributed by atoms with Gasteiger partial charge in [-0.15, -0.1) is 0 Å². The monoisotopic (exact) mass is 413 g/mol. The van der Waals surface area contributed by atoms with Crippen LogP contribution in [0, 0.1) is 11.6 Å². The summed E-state index contributed by atoms with van der Waals surface area (Å²) >= 11 is 0. The van der Waals surface area contributed by atoms with Gasteiger partial charge in [0, 0.05) is 18.2 Å². The molecule has 0 unspecified atom stereocenters. The Morgan fingerprint density at radius 2 is 1.62 bits per heavy atom. The van der Waals surface area contributed by atoms with Crippen LogP contribution in [0.15, 0.2) is 76.5 Å². The summed E-state index contributed by atoms with van der Waals surface area (Å²) in [6.07, 6.45) is 3.21. The van der Waals surface area contributed by atoms with Gasteiger partial charge in [0.05, 0.1) is 9.79 Å². The predicted molar refractivity (Wildman–Crippen MR) is 111 cm³/mol. The van der Waals surface area contributed by atoms with E-state index in [0.29, 0.717) is 12.1 Å². The van der Waals surface area contributed by atoms with Crippen molar-refractivity contribution < 1.29 is 17.2 Å². The lowest BCUT2D eigenvalue weighted by atomic mass is 10.1. The Labute approximate surface area is 169 Å². The number of rotatable bonds is 6. The van der Waals surface area contributed by atoms with Crippen molar-refractivity contribution in [2.45, 2.75) is 16.3 Å². The van der Waals surface area contributed by atoms with Gasteiger partial charge >= 0.3 is 0 Å². The molecule has 150 valence electrons. The van der Waals surface area contributed by atoms with Crippen molar-refractivity contribution in [3.63, 3.8) is 0 Å². The highest BCUT2D eigenvalue weighted by molar-refractivity contribution is 7.91. The standard InChI is InChI=1S/C23H21F2NO2S/c1-26(2)16-19-14-17(8-10-18-11-12-20(24)15-22(18)25)9-13-23(19)29(27,28)21-6-4-3-5-7-21/h3-15H,16H2,1-2H3. The van der Waals surface area contributed by atoms with Crippen molar-refractivity contribution in [1.29, 1.82) is 0 Å². The van der Waals surface area contributed by atoms with Crippen LogP contribution in [0.5, 0.6) is 0 Å². The molecule has 0 heterocycles. The molecule has 3 rings (SSSR count). The zero-order chi connectivity index (χ0) is 21.0. The van der Waals surface area contributed by atoms with Gasteiger partial charge < -0.3 is 4.90 Å². The molecule has 0 atom stereocenters. The van der Waals surface area contributed by atoms with Gasteiger partial charge in [-0.3, -0.25) is 0 Å². The van der Waals surface area contributed by atoms with Crippen molar-refractivity contribution >= 4 is 22.0 Å². The van der Waals surface area contributed by atoms with Crippen LogP contribution >= 0.6 is 0 Å². The Morgan fingerprint density at radius 1 is 0.897 bits per heavy atom. The van der Waals surface area contributed by atoms with E-state index in [1.54, 1.807) is 54.6 Å². The topological polar surface area (TPSA) is 37.4 Å².